The maximum atomic E-state index is 3.97. The first-order valence-corrected chi connectivity index (χ1v) is 6.41. The lowest BCUT2D eigenvalue weighted by Crippen LogP contribution is -1.81. The van der Waals surface area contributed by atoms with Gasteiger partial charge in [-0.05, 0) is 31.9 Å². The Kier molecular flexibility index (Phi) is 21.2. The molecule has 0 aliphatic heterocycles. The Morgan fingerprint density at radius 1 is 1.00 bits per heavy atom. The van der Waals surface area contributed by atoms with Crippen LogP contribution in [0, 0.1) is 0 Å². The number of hydrogen-bond donors (Lipinski definition) is 0. The minimum atomic E-state index is 1.02. The molecule has 0 amide bonds. The molecule has 0 aromatic carbocycles. The summed E-state index contributed by atoms with van der Waals surface area (Å²) in [5, 5.41) is 0. The van der Waals surface area contributed by atoms with Crippen molar-refractivity contribution in [3.05, 3.63) is 60.3 Å². The van der Waals surface area contributed by atoms with Gasteiger partial charge in [-0.2, -0.15) is 0 Å². The second-order valence-electron chi connectivity index (χ2n) is 3.10. The second-order valence-corrected chi connectivity index (χ2v) is 3.10. The van der Waals surface area contributed by atoms with Crippen LogP contribution in [-0.2, 0) is 0 Å². The molecule has 17 heavy (non-hydrogen) atoms. The molecule has 0 aliphatic rings. The Bertz CT molecular complexity index is 268. The van der Waals surface area contributed by atoms with E-state index in [-0.39, 0.29) is 0 Å². The van der Waals surface area contributed by atoms with Gasteiger partial charge >= 0.3 is 0 Å². The fourth-order valence-corrected chi connectivity index (χ4v) is 0.983. The molecule has 0 bridgehead atoms. The predicted octanol–water partition coefficient (Wildman–Crippen LogP) is 6.25. The summed E-state index contributed by atoms with van der Waals surface area (Å²) < 4.78 is 0. The maximum Gasteiger partial charge on any atom is -0.0191 e. The number of allylic oxidation sites excluding steroid dienone is 8. The molecule has 0 saturated heterocycles. The first-order valence-electron chi connectivity index (χ1n) is 6.41. The lowest BCUT2D eigenvalue weighted by atomic mass is 10.0. The van der Waals surface area contributed by atoms with E-state index in [0.29, 0.717) is 0 Å². The molecule has 0 radical (unpaired) electrons. The third-order valence-corrected chi connectivity index (χ3v) is 1.48. The molecule has 0 aromatic rings. The van der Waals surface area contributed by atoms with Crippen LogP contribution in [0.1, 0.15) is 48.5 Å². The van der Waals surface area contributed by atoms with E-state index >= 15 is 0 Å². The van der Waals surface area contributed by atoms with Crippen LogP contribution in [0.15, 0.2) is 60.3 Å². The van der Waals surface area contributed by atoms with Gasteiger partial charge in [0.2, 0.25) is 0 Å². The van der Waals surface area contributed by atoms with Crippen LogP contribution in [0.2, 0.25) is 0 Å². The molecule has 0 nitrogen and oxygen atoms in total. The molecule has 0 atom stereocenters. The van der Waals surface area contributed by atoms with E-state index in [9.17, 15) is 0 Å². The van der Waals surface area contributed by atoms with Crippen LogP contribution >= 0.6 is 0 Å². The minimum Gasteiger partial charge on any atom is -0.0990 e. The van der Waals surface area contributed by atoms with E-state index < -0.39 is 0 Å². The van der Waals surface area contributed by atoms with Crippen LogP contribution in [0.5, 0.6) is 0 Å². The molecule has 98 valence electrons. The summed E-state index contributed by atoms with van der Waals surface area (Å²) in [6, 6.07) is 0. The van der Waals surface area contributed by atoms with Crippen LogP contribution in [0.4, 0.5) is 0 Å². The van der Waals surface area contributed by atoms with E-state index in [1.165, 1.54) is 5.57 Å². The van der Waals surface area contributed by atoms with Gasteiger partial charge in [-0.3, -0.25) is 0 Å². The predicted molar refractivity (Wildman–Crippen MR) is 84.4 cm³/mol. The molecule has 0 aromatic heterocycles. The minimum absolute atomic E-state index is 1.02. The molecular formula is C17H30. The van der Waals surface area contributed by atoms with Crippen LogP contribution in [0.3, 0.4) is 0 Å². The zero-order valence-corrected chi connectivity index (χ0v) is 12.8. The van der Waals surface area contributed by atoms with Crippen molar-refractivity contribution in [2.24, 2.45) is 0 Å². The number of rotatable bonds is 4. The fourth-order valence-electron chi connectivity index (χ4n) is 0.983. The Labute approximate surface area is 109 Å². The van der Waals surface area contributed by atoms with E-state index in [1.807, 2.05) is 52.8 Å². The van der Waals surface area contributed by atoms with Gasteiger partial charge in [0.15, 0.2) is 0 Å². The van der Waals surface area contributed by atoms with Crippen LogP contribution in [-0.4, -0.2) is 0 Å². The Hall–Kier alpha value is -1.30. The number of hydrogen-bond acceptors (Lipinski definition) is 0. The van der Waals surface area contributed by atoms with E-state index in [1.54, 1.807) is 6.08 Å². The summed E-state index contributed by atoms with van der Waals surface area (Å²) in [5.74, 6) is 0. The van der Waals surface area contributed by atoms with Gasteiger partial charge < -0.3 is 0 Å². The van der Waals surface area contributed by atoms with Crippen molar-refractivity contribution < 1.29 is 0 Å². The summed E-state index contributed by atoms with van der Waals surface area (Å²) in [6.45, 7) is 21.8. The summed E-state index contributed by atoms with van der Waals surface area (Å²) >= 11 is 0. The Balaban J connectivity index is -0.000000439. The highest BCUT2D eigenvalue weighted by molar-refractivity contribution is 5.46. The molecular weight excluding hydrogens is 204 g/mol. The van der Waals surface area contributed by atoms with Crippen molar-refractivity contribution >= 4 is 0 Å². The van der Waals surface area contributed by atoms with Gasteiger partial charge in [-0.25, -0.2) is 0 Å². The topological polar surface area (TPSA) is 0 Å². The quantitative estimate of drug-likeness (QED) is 0.504. The Morgan fingerprint density at radius 3 is 1.76 bits per heavy atom. The highest BCUT2D eigenvalue weighted by Crippen LogP contribution is 2.13. The van der Waals surface area contributed by atoms with E-state index in [4.69, 9.17) is 0 Å². The van der Waals surface area contributed by atoms with Crippen molar-refractivity contribution in [2.75, 3.05) is 0 Å². The van der Waals surface area contributed by atoms with Crippen molar-refractivity contribution in [1.82, 2.24) is 0 Å². The average molecular weight is 234 g/mol. The van der Waals surface area contributed by atoms with Crippen molar-refractivity contribution in [3.63, 3.8) is 0 Å². The fraction of sp³-hybridized carbons (Fsp3) is 0.412. The first kappa shape index (κ1) is 21.0. The molecule has 0 unspecified atom stereocenters. The zero-order chi connectivity index (χ0) is 14.3. The van der Waals surface area contributed by atoms with Gasteiger partial charge in [0.1, 0.15) is 0 Å². The first-order chi connectivity index (χ1) is 8.11. The molecule has 0 heterocycles. The lowest BCUT2D eigenvalue weighted by molar-refractivity contribution is 1.36. The SMILES string of the molecule is C=C/C=C(\C=C(C)C)C(=C)/C=C/C.CC.CC. The van der Waals surface area contributed by atoms with Gasteiger partial charge in [-0.1, -0.05) is 76.8 Å². The highest BCUT2D eigenvalue weighted by Gasteiger charge is 1.93. The van der Waals surface area contributed by atoms with Crippen molar-refractivity contribution in [1.29, 1.82) is 0 Å². The molecule has 0 saturated carbocycles. The summed E-state index contributed by atoms with van der Waals surface area (Å²) in [7, 11) is 0. The molecule has 0 spiro atoms. The van der Waals surface area contributed by atoms with Crippen molar-refractivity contribution in [2.45, 2.75) is 48.5 Å². The van der Waals surface area contributed by atoms with Crippen LogP contribution in [0.25, 0.3) is 0 Å². The normalized spacial score (nSPS) is 9.47. The van der Waals surface area contributed by atoms with E-state index in [2.05, 4.69) is 33.1 Å². The summed E-state index contributed by atoms with van der Waals surface area (Å²) in [6.07, 6.45) is 9.83. The average Bonchev–Trinajstić information content (AvgIpc) is 2.33. The molecule has 0 rings (SSSR count). The third kappa shape index (κ3) is 14.7. The second kappa shape index (κ2) is 17.1. The van der Waals surface area contributed by atoms with Gasteiger partial charge in [0.25, 0.3) is 0 Å². The van der Waals surface area contributed by atoms with Crippen LogP contribution < -0.4 is 0 Å². The largest absolute Gasteiger partial charge is 0.0990 e. The highest BCUT2D eigenvalue weighted by atomic mass is 14.0. The van der Waals surface area contributed by atoms with Crippen molar-refractivity contribution in [3.8, 4) is 0 Å². The molecule has 0 N–H and O–H groups in total. The molecule has 0 heteroatoms. The smallest absolute Gasteiger partial charge is 0.0191 e. The maximum absolute atomic E-state index is 3.97. The lowest BCUT2D eigenvalue weighted by Gasteiger charge is -2.01. The molecule has 0 aliphatic carbocycles. The zero-order valence-electron chi connectivity index (χ0n) is 12.8. The standard InChI is InChI=1S/C13H18.2C2H6/c1-6-8-12(5)13(9-7-2)10-11(3)4;2*1-2/h6-10H,2,5H2,1,3-4H3;2*1-2H3/b8-6+,13-9+;;. The van der Waals surface area contributed by atoms with Gasteiger partial charge in [0.05, 0.1) is 0 Å². The summed E-state index contributed by atoms with van der Waals surface area (Å²) in [5.41, 5.74) is 3.40. The van der Waals surface area contributed by atoms with E-state index in [0.717, 1.165) is 11.1 Å². The third-order valence-electron chi connectivity index (χ3n) is 1.48. The molecule has 0 fully saturated rings. The van der Waals surface area contributed by atoms with Gasteiger partial charge in [-0.15, -0.1) is 0 Å². The monoisotopic (exact) mass is 234 g/mol. The Morgan fingerprint density at radius 2 is 1.47 bits per heavy atom. The summed E-state index contributed by atoms with van der Waals surface area (Å²) in [4.78, 5) is 0. The van der Waals surface area contributed by atoms with Gasteiger partial charge in [0, 0.05) is 0 Å².